The van der Waals surface area contributed by atoms with Gasteiger partial charge in [0.15, 0.2) is 16.7 Å². The highest BCUT2D eigenvalue weighted by molar-refractivity contribution is 7.99. The maximum atomic E-state index is 12.8. The first-order chi connectivity index (χ1) is 17.1. The number of carbonyl (C=O) groups excluding carboxylic acids is 2. The van der Waals surface area contributed by atoms with Gasteiger partial charge in [0.1, 0.15) is 12.4 Å². The lowest BCUT2D eigenvalue weighted by Gasteiger charge is -2.34. The third-order valence-electron chi connectivity index (χ3n) is 5.78. The minimum atomic E-state index is -0.148. The van der Waals surface area contributed by atoms with Crippen LogP contribution in [-0.4, -0.2) is 68.3 Å². The highest BCUT2D eigenvalue weighted by Crippen LogP contribution is 2.20. The quantitative estimate of drug-likeness (QED) is 0.315. The maximum Gasteiger partial charge on any atom is 0.289 e. The van der Waals surface area contributed by atoms with E-state index < -0.39 is 0 Å². The molecule has 4 rings (SSSR count). The Morgan fingerprint density at radius 2 is 1.86 bits per heavy atom. The molecule has 0 atom stereocenters. The Kier molecular flexibility index (Phi) is 8.25. The zero-order valence-corrected chi connectivity index (χ0v) is 20.6. The number of rotatable bonds is 10. The fourth-order valence-electron chi connectivity index (χ4n) is 3.75. The van der Waals surface area contributed by atoms with Crippen LogP contribution >= 0.6 is 11.8 Å². The Morgan fingerprint density at radius 3 is 2.51 bits per heavy atom. The number of amides is 2. The van der Waals surface area contributed by atoms with E-state index in [4.69, 9.17) is 9.15 Å². The lowest BCUT2D eigenvalue weighted by molar-refractivity contribution is -0.129. The van der Waals surface area contributed by atoms with Crippen LogP contribution in [0.4, 0.5) is 0 Å². The van der Waals surface area contributed by atoms with Gasteiger partial charge in [0.2, 0.25) is 5.91 Å². The molecule has 184 valence electrons. The zero-order chi connectivity index (χ0) is 24.6. The molecule has 0 saturated carbocycles. The summed E-state index contributed by atoms with van der Waals surface area (Å²) in [6.07, 6.45) is 4.23. The first kappa shape index (κ1) is 24.6. The van der Waals surface area contributed by atoms with Gasteiger partial charge in [-0.3, -0.25) is 14.2 Å². The van der Waals surface area contributed by atoms with Gasteiger partial charge >= 0.3 is 0 Å². The van der Waals surface area contributed by atoms with E-state index in [1.807, 2.05) is 28.8 Å². The smallest absolute Gasteiger partial charge is 0.289 e. The molecule has 0 bridgehead atoms. The van der Waals surface area contributed by atoms with Gasteiger partial charge in [0, 0.05) is 32.7 Å². The van der Waals surface area contributed by atoms with E-state index in [0.29, 0.717) is 49.5 Å². The van der Waals surface area contributed by atoms with Gasteiger partial charge in [-0.1, -0.05) is 36.9 Å². The molecule has 1 aliphatic heterocycles. The van der Waals surface area contributed by atoms with Crippen LogP contribution in [0.2, 0.25) is 0 Å². The number of furan rings is 1. The predicted molar refractivity (Wildman–Crippen MR) is 132 cm³/mol. The van der Waals surface area contributed by atoms with E-state index in [1.54, 1.807) is 28.0 Å². The van der Waals surface area contributed by atoms with Crippen molar-refractivity contribution in [3.8, 4) is 5.75 Å². The van der Waals surface area contributed by atoms with Crippen LogP contribution in [0.25, 0.3) is 0 Å². The number of nitrogens with zero attached hydrogens (tertiary/aromatic N) is 5. The molecule has 1 saturated heterocycles. The molecule has 3 aromatic rings. The van der Waals surface area contributed by atoms with Crippen molar-refractivity contribution in [2.75, 3.05) is 31.9 Å². The van der Waals surface area contributed by atoms with Crippen molar-refractivity contribution in [2.45, 2.75) is 31.7 Å². The monoisotopic (exact) mass is 495 g/mol. The SMILES string of the molecule is C=CCn1c(COc2ccc(CC)cc2)nnc1SCC(=O)N1CCN(C(=O)c2ccco2)CC1. The van der Waals surface area contributed by atoms with Crippen molar-refractivity contribution in [3.63, 3.8) is 0 Å². The average molecular weight is 496 g/mol. The lowest BCUT2D eigenvalue weighted by atomic mass is 10.2. The van der Waals surface area contributed by atoms with Crippen LogP contribution in [0.1, 0.15) is 28.9 Å². The summed E-state index contributed by atoms with van der Waals surface area (Å²) in [6, 6.07) is 11.3. The first-order valence-corrected chi connectivity index (χ1v) is 12.6. The molecular weight excluding hydrogens is 466 g/mol. The number of aromatic nitrogens is 3. The molecule has 1 aromatic carbocycles. The van der Waals surface area contributed by atoms with E-state index in [9.17, 15) is 9.59 Å². The van der Waals surface area contributed by atoms with Crippen molar-refractivity contribution >= 4 is 23.6 Å². The molecule has 1 fully saturated rings. The number of carbonyl (C=O) groups is 2. The van der Waals surface area contributed by atoms with Crippen LogP contribution in [0.3, 0.4) is 0 Å². The second-order valence-corrected chi connectivity index (χ2v) is 8.97. The first-order valence-electron chi connectivity index (χ1n) is 11.6. The Hall–Kier alpha value is -3.53. The number of aryl methyl sites for hydroxylation is 1. The van der Waals surface area contributed by atoms with Crippen LogP contribution < -0.4 is 4.74 Å². The van der Waals surface area contributed by atoms with Gasteiger partial charge in [-0.25, -0.2) is 0 Å². The minimum absolute atomic E-state index is 0.00191. The Morgan fingerprint density at radius 1 is 1.11 bits per heavy atom. The molecule has 9 nitrogen and oxygen atoms in total. The number of allylic oxidation sites excluding steroid dienone is 1. The molecule has 0 N–H and O–H groups in total. The van der Waals surface area contributed by atoms with Crippen molar-refractivity contribution in [3.05, 3.63) is 72.5 Å². The third-order valence-corrected chi connectivity index (χ3v) is 6.73. The lowest BCUT2D eigenvalue weighted by Crippen LogP contribution is -2.51. The van der Waals surface area contributed by atoms with Crippen LogP contribution in [-0.2, 0) is 24.4 Å². The van der Waals surface area contributed by atoms with Gasteiger partial charge in [0.25, 0.3) is 5.91 Å². The Bertz CT molecular complexity index is 1140. The number of hydrogen-bond donors (Lipinski definition) is 0. The highest BCUT2D eigenvalue weighted by atomic mass is 32.2. The summed E-state index contributed by atoms with van der Waals surface area (Å²) in [7, 11) is 0. The minimum Gasteiger partial charge on any atom is -0.486 e. The summed E-state index contributed by atoms with van der Waals surface area (Å²) >= 11 is 1.34. The molecule has 2 aromatic heterocycles. The van der Waals surface area contributed by atoms with E-state index in [-0.39, 0.29) is 24.2 Å². The molecule has 0 spiro atoms. The Labute approximate surface area is 208 Å². The predicted octanol–water partition coefficient (Wildman–Crippen LogP) is 3.28. The van der Waals surface area contributed by atoms with Crippen LogP contribution in [0.5, 0.6) is 5.75 Å². The molecule has 10 heteroatoms. The van der Waals surface area contributed by atoms with E-state index in [2.05, 4.69) is 23.7 Å². The molecule has 35 heavy (non-hydrogen) atoms. The van der Waals surface area contributed by atoms with Gasteiger partial charge in [-0.2, -0.15) is 0 Å². The van der Waals surface area contributed by atoms with Crippen LogP contribution in [0.15, 0.2) is 64.9 Å². The molecule has 1 aliphatic rings. The summed E-state index contributed by atoms with van der Waals surface area (Å²) in [6.45, 7) is 8.65. The van der Waals surface area contributed by atoms with Crippen molar-refractivity contribution in [2.24, 2.45) is 0 Å². The van der Waals surface area contributed by atoms with Crippen molar-refractivity contribution < 1.29 is 18.7 Å². The summed E-state index contributed by atoms with van der Waals surface area (Å²) in [4.78, 5) is 28.7. The van der Waals surface area contributed by atoms with Gasteiger partial charge in [0.05, 0.1) is 12.0 Å². The molecule has 3 heterocycles. The Balaban J connectivity index is 1.29. The number of thioether (sulfide) groups is 1. The fraction of sp³-hybridized carbons (Fsp3) is 0.360. The largest absolute Gasteiger partial charge is 0.486 e. The van der Waals surface area contributed by atoms with Gasteiger partial charge in [-0.15, -0.1) is 16.8 Å². The number of benzene rings is 1. The molecular formula is C25H29N5O4S. The van der Waals surface area contributed by atoms with E-state index >= 15 is 0 Å². The molecule has 0 radical (unpaired) electrons. The number of piperazine rings is 1. The molecule has 2 amide bonds. The highest BCUT2D eigenvalue weighted by Gasteiger charge is 2.26. The molecule has 0 aliphatic carbocycles. The summed E-state index contributed by atoms with van der Waals surface area (Å²) in [5.41, 5.74) is 1.25. The maximum absolute atomic E-state index is 12.8. The third kappa shape index (κ3) is 6.13. The summed E-state index contributed by atoms with van der Waals surface area (Å²) in [5.74, 6) is 1.85. The number of hydrogen-bond acceptors (Lipinski definition) is 7. The van der Waals surface area contributed by atoms with E-state index in [1.165, 1.54) is 23.6 Å². The molecule has 0 unspecified atom stereocenters. The average Bonchev–Trinajstić information content (AvgIpc) is 3.57. The van der Waals surface area contributed by atoms with Crippen molar-refractivity contribution in [1.82, 2.24) is 24.6 Å². The fourth-order valence-corrected chi connectivity index (χ4v) is 4.62. The van der Waals surface area contributed by atoms with Gasteiger partial charge < -0.3 is 19.0 Å². The van der Waals surface area contributed by atoms with Crippen molar-refractivity contribution in [1.29, 1.82) is 0 Å². The normalized spacial score (nSPS) is 13.6. The van der Waals surface area contributed by atoms with E-state index in [0.717, 1.165) is 12.2 Å². The zero-order valence-electron chi connectivity index (χ0n) is 19.8. The summed E-state index contributed by atoms with van der Waals surface area (Å²) < 4.78 is 13.0. The number of ether oxygens (including phenoxy) is 1. The second-order valence-electron chi connectivity index (χ2n) is 8.02. The second kappa shape index (κ2) is 11.7. The van der Waals surface area contributed by atoms with Gasteiger partial charge in [-0.05, 0) is 36.2 Å². The van der Waals surface area contributed by atoms with Crippen LogP contribution in [0, 0.1) is 0 Å². The summed E-state index contributed by atoms with van der Waals surface area (Å²) in [5, 5.41) is 9.18. The standard InChI is InChI=1S/C25H29N5O4S/c1-3-11-30-22(17-34-20-9-7-19(4-2)8-10-20)26-27-25(30)35-18-23(31)28-12-14-29(15-13-28)24(32)21-6-5-16-33-21/h3,5-10,16H,1,4,11-15,17-18H2,2H3. The topological polar surface area (TPSA) is 93.7 Å².